The van der Waals surface area contributed by atoms with E-state index in [-0.39, 0.29) is 11.8 Å². The molecule has 1 aliphatic heterocycles. The number of hydrogen-bond acceptors (Lipinski definition) is 4. The molecule has 0 radical (unpaired) electrons. The van der Waals surface area contributed by atoms with Crippen LogP contribution in [0, 0.1) is 0 Å². The maximum absolute atomic E-state index is 12.8. The average Bonchev–Trinajstić information content (AvgIpc) is 3.10. The second-order valence-corrected chi connectivity index (χ2v) is 8.76. The third-order valence-electron chi connectivity index (χ3n) is 5.80. The molecule has 0 unspecified atom stereocenters. The van der Waals surface area contributed by atoms with Gasteiger partial charge in [0.25, 0.3) is 11.8 Å². The van der Waals surface area contributed by atoms with E-state index in [1.54, 1.807) is 0 Å². The van der Waals surface area contributed by atoms with Crippen molar-refractivity contribution in [3.05, 3.63) is 21.4 Å². The standard InChI is InChI=1S/C19H25N3O3S/c23-16(15-12-13-8-4-1-2-5-9-14(13)26-15)21-22-17(24)19(20-18(22)25)10-6-3-7-11-19/h12H,1-11H2,(H,20,25)(H,21,23). The highest BCUT2D eigenvalue weighted by Crippen LogP contribution is 2.33. The fourth-order valence-electron chi connectivity index (χ4n) is 4.33. The molecule has 1 spiro atoms. The van der Waals surface area contributed by atoms with Crippen molar-refractivity contribution < 1.29 is 14.4 Å². The van der Waals surface area contributed by atoms with E-state index < -0.39 is 11.6 Å². The zero-order valence-corrected chi connectivity index (χ0v) is 15.8. The van der Waals surface area contributed by atoms with Gasteiger partial charge >= 0.3 is 6.03 Å². The fraction of sp³-hybridized carbons (Fsp3) is 0.632. The normalized spacial score (nSPS) is 22.5. The van der Waals surface area contributed by atoms with Crippen LogP contribution in [-0.2, 0) is 17.6 Å². The molecule has 1 saturated carbocycles. The number of fused-ring (bicyclic) bond motifs is 1. The largest absolute Gasteiger partial charge is 0.344 e. The summed E-state index contributed by atoms with van der Waals surface area (Å²) in [6, 6.07) is 1.43. The number of hydrazine groups is 1. The molecule has 7 heteroatoms. The molecular weight excluding hydrogens is 350 g/mol. The van der Waals surface area contributed by atoms with E-state index in [9.17, 15) is 14.4 Å². The number of carbonyl (C=O) groups excluding carboxylic acids is 3. The number of thiophene rings is 1. The number of rotatable bonds is 2. The van der Waals surface area contributed by atoms with Crippen LogP contribution >= 0.6 is 11.3 Å². The van der Waals surface area contributed by atoms with Gasteiger partial charge in [0, 0.05) is 4.88 Å². The van der Waals surface area contributed by atoms with Crippen LogP contribution in [0.4, 0.5) is 4.79 Å². The minimum atomic E-state index is -0.812. The third kappa shape index (κ3) is 3.13. The zero-order chi connectivity index (χ0) is 18.1. The highest BCUT2D eigenvalue weighted by Gasteiger charge is 2.52. The van der Waals surface area contributed by atoms with E-state index in [2.05, 4.69) is 10.7 Å². The summed E-state index contributed by atoms with van der Waals surface area (Å²) in [7, 11) is 0. The number of aryl methyl sites for hydroxylation is 2. The summed E-state index contributed by atoms with van der Waals surface area (Å²) < 4.78 is 0. The molecule has 4 amide bonds. The summed E-state index contributed by atoms with van der Waals surface area (Å²) >= 11 is 1.50. The fourth-order valence-corrected chi connectivity index (χ4v) is 5.47. The van der Waals surface area contributed by atoms with Crippen molar-refractivity contribution in [3.63, 3.8) is 0 Å². The van der Waals surface area contributed by atoms with Gasteiger partial charge < -0.3 is 5.32 Å². The molecule has 6 nitrogen and oxygen atoms in total. The van der Waals surface area contributed by atoms with Gasteiger partial charge in [-0.05, 0) is 50.2 Å². The van der Waals surface area contributed by atoms with E-state index in [1.165, 1.54) is 34.6 Å². The lowest BCUT2D eigenvalue weighted by molar-refractivity contribution is -0.134. The van der Waals surface area contributed by atoms with Gasteiger partial charge in [-0.15, -0.1) is 11.3 Å². The van der Waals surface area contributed by atoms with Crippen molar-refractivity contribution in [2.75, 3.05) is 0 Å². The molecule has 2 heterocycles. The Kier molecular flexibility index (Phi) is 4.73. The molecule has 1 saturated heterocycles. The Morgan fingerprint density at radius 3 is 2.50 bits per heavy atom. The number of urea groups is 1. The molecule has 26 heavy (non-hydrogen) atoms. The van der Waals surface area contributed by atoms with E-state index >= 15 is 0 Å². The van der Waals surface area contributed by atoms with Crippen molar-refractivity contribution in [2.24, 2.45) is 0 Å². The van der Waals surface area contributed by atoms with Gasteiger partial charge in [0.2, 0.25) is 0 Å². The van der Waals surface area contributed by atoms with Crippen LogP contribution in [0.5, 0.6) is 0 Å². The Hall–Kier alpha value is -1.89. The van der Waals surface area contributed by atoms with Crippen LogP contribution in [0.25, 0.3) is 0 Å². The molecule has 2 N–H and O–H groups in total. The first-order valence-corrected chi connectivity index (χ1v) is 10.5. The van der Waals surface area contributed by atoms with Gasteiger partial charge in [0.1, 0.15) is 5.54 Å². The molecule has 2 fully saturated rings. The molecule has 3 aliphatic rings. The minimum Gasteiger partial charge on any atom is -0.322 e. The van der Waals surface area contributed by atoms with Gasteiger partial charge in [0.05, 0.1) is 4.88 Å². The molecule has 1 aromatic heterocycles. The smallest absolute Gasteiger partial charge is 0.322 e. The van der Waals surface area contributed by atoms with Gasteiger partial charge in [0.15, 0.2) is 0 Å². The predicted molar refractivity (Wildman–Crippen MR) is 98.9 cm³/mol. The van der Waals surface area contributed by atoms with E-state index in [1.807, 2.05) is 6.07 Å². The third-order valence-corrected chi connectivity index (χ3v) is 7.04. The first-order valence-electron chi connectivity index (χ1n) is 9.68. The Balaban J connectivity index is 1.48. The van der Waals surface area contributed by atoms with Gasteiger partial charge in [-0.3, -0.25) is 15.0 Å². The van der Waals surface area contributed by atoms with Crippen LogP contribution < -0.4 is 10.7 Å². The second-order valence-electron chi connectivity index (χ2n) is 7.63. The summed E-state index contributed by atoms with van der Waals surface area (Å²) in [5.74, 6) is -0.677. The van der Waals surface area contributed by atoms with Crippen LogP contribution in [0.2, 0.25) is 0 Å². The maximum Gasteiger partial charge on any atom is 0.344 e. The van der Waals surface area contributed by atoms with Crippen molar-refractivity contribution in [1.29, 1.82) is 0 Å². The topological polar surface area (TPSA) is 78.5 Å². The lowest BCUT2D eigenvalue weighted by Gasteiger charge is -2.30. The number of nitrogens with one attached hydrogen (secondary N) is 2. The summed E-state index contributed by atoms with van der Waals surface area (Å²) in [6.45, 7) is 0. The summed E-state index contributed by atoms with van der Waals surface area (Å²) in [5.41, 5.74) is 2.99. The maximum atomic E-state index is 12.8. The molecule has 0 bridgehead atoms. The molecule has 0 aromatic carbocycles. The van der Waals surface area contributed by atoms with Crippen molar-refractivity contribution in [1.82, 2.24) is 15.8 Å². The number of carbonyl (C=O) groups is 3. The quantitative estimate of drug-likeness (QED) is 0.779. The number of imide groups is 1. The van der Waals surface area contributed by atoms with Crippen molar-refractivity contribution in [2.45, 2.75) is 76.2 Å². The highest BCUT2D eigenvalue weighted by molar-refractivity contribution is 7.14. The van der Waals surface area contributed by atoms with E-state index in [0.29, 0.717) is 17.7 Å². The highest BCUT2D eigenvalue weighted by atomic mass is 32.1. The first kappa shape index (κ1) is 17.5. The molecular formula is C19H25N3O3S. The molecule has 0 atom stereocenters. The molecule has 4 rings (SSSR count). The summed E-state index contributed by atoms with van der Waals surface area (Å²) in [4.78, 5) is 39.6. The Morgan fingerprint density at radius 1 is 1.04 bits per heavy atom. The van der Waals surface area contributed by atoms with Gasteiger partial charge in [-0.25, -0.2) is 4.79 Å². The van der Waals surface area contributed by atoms with Crippen LogP contribution in [0.1, 0.15) is 77.9 Å². The van der Waals surface area contributed by atoms with E-state index in [0.717, 1.165) is 50.0 Å². The lowest BCUT2D eigenvalue weighted by atomic mass is 9.82. The Morgan fingerprint density at radius 2 is 1.73 bits per heavy atom. The Labute approximate surface area is 157 Å². The Bertz CT molecular complexity index is 711. The summed E-state index contributed by atoms with van der Waals surface area (Å²) in [6.07, 6.45) is 11.0. The lowest BCUT2D eigenvalue weighted by Crippen LogP contribution is -2.50. The number of amides is 4. The average molecular weight is 375 g/mol. The number of nitrogens with zero attached hydrogens (tertiary/aromatic N) is 1. The van der Waals surface area contributed by atoms with Crippen LogP contribution in [0.3, 0.4) is 0 Å². The minimum absolute atomic E-state index is 0.314. The predicted octanol–water partition coefficient (Wildman–Crippen LogP) is 3.31. The van der Waals surface area contributed by atoms with Crippen LogP contribution in [0.15, 0.2) is 6.07 Å². The first-order chi connectivity index (χ1) is 12.6. The second kappa shape index (κ2) is 7.02. The SMILES string of the molecule is O=C(NN1C(=O)NC2(CCCCC2)C1=O)c1cc2c(s1)CCCCCC2. The number of hydrogen-bond donors (Lipinski definition) is 2. The summed E-state index contributed by atoms with van der Waals surface area (Å²) in [5, 5.41) is 3.71. The van der Waals surface area contributed by atoms with Crippen LogP contribution in [-0.4, -0.2) is 28.4 Å². The molecule has 2 aliphatic carbocycles. The molecule has 140 valence electrons. The van der Waals surface area contributed by atoms with E-state index in [4.69, 9.17) is 0 Å². The zero-order valence-electron chi connectivity index (χ0n) is 14.9. The van der Waals surface area contributed by atoms with Crippen molar-refractivity contribution >= 4 is 29.2 Å². The van der Waals surface area contributed by atoms with Gasteiger partial charge in [-0.2, -0.15) is 5.01 Å². The molecule has 1 aromatic rings. The monoisotopic (exact) mass is 375 g/mol. The van der Waals surface area contributed by atoms with Gasteiger partial charge in [-0.1, -0.05) is 32.1 Å². The van der Waals surface area contributed by atoms with Crippen molar-refractivity contribution in [3.8, 4) is 0 Å².